The molecule has 1 aromatic carbocycles. The first-order valence-corrected chi connectivity index (χ1v) is 14.9. The minimum Gasteiger partial charge on any atom is -0.478 e. The highest BCUT2D eigenvalue weighted by atomic mass is 19.3. The lowest BCUT2D eigenvalue weighted by molar-refractivity contribution is -0.147. The monoisotopic (exact) mass is 673 g/mol. The number of carboxylic acid groups (broad SMARTS) is 1. The van der Waals surface area contributed by atoms with Crippen molar-refractivity contribution in [1.29, 1.82) is 0 Å². The third kappa shape index (κ3) is 9.93. The highest BCUT2D eigenvalue weighted by molar-refractivity contribution is 5.93. The number of alkyl halides is 2. The van der Waals surface area contributed by atoms with Gasteiger partial charge in [-0.25, -0.2) is 22.4 Å². The number of carbonyl (C=O) groups excluding carboxylic acids is 3. The number of halogens is 4. The number of hydrogen-bond acceptors (Lipinski definition) is 9. The molecule has 260 valence electrons. The SMILES string of the molecule is CC(C)[C@H](O)C(=O)N1C[C@H](OCc2noc(C(C)(C)C)n2)C[C@H]1C(=O)N[C@@H](CC(F)F)C(=O)NCCc1c(F)cc(C(=O)O)cc1F. The number of ether oxygens (including phenoxy) is 1. The molecule has 1 aliphatic rings. The summed E-state index contributed by atoms with van der Waals surface area (Å²) in [5.41, 5.74) is -1.57. The Kier molecular flexibility index (Phi) is 12.4. The summed E-state index contributed by atoms with van der Waals surface area (Å²) in [5, 5.41) is 27.7. The van der Waals surface area contributed by atoms with Crippen molar-refractivity contribution in [2.75, 3.05) is 13.1 Å². The fourth-order valence-electron chi connectivity index (χ4n) is 4.75. The number of hydrogen-bond donors (Lipinski definition) is 4. The normalized spacial score (nSPS) is 18.0. The number of carbonyl (C=O) groups is 4. The number of aromatic carboxylic acids is 1. The zero-order chi connectivity index (χ0) is 35.2. The lowest BCUT2D eigenvalue weighted by atomic mass is 9.97. The second kappa shape index (κ2) is 15.6. The summed E-state index contributed by atoms with van der Waals surface area (Å²) in [6.45, 7) is 8.08. The Bertz CT molecular complexity index is 1420. The minimum atomic E-state index is -3.04. The summed E-state index contributed by atoms with van der Waals surface area (Å²) < 4.78 is 66.5. The first-order chi connectivity index (χ1) is 21.9. The van der Waals surface area contributed by atoms with Gasteiger partial charge in [0.15, 0.2) is 5.82 Å². The van der Waals surface area contributed by atoms with Gasteiger partial charge in [-0.2, -0.15) is 4.98 Å². The van der Waals surface area contributed by atoms with E-state index in [1.807, 2.05) is 20.8 Å². The molecule has 1 fully saturated rings. The first-order valence-electron chi connectivity index (χ1n) is 14.9. The number of aromatic nitrogens is 2. The summed E-state index contributed by atoms with van der Waals surface area (Å²) in [4.78, 5) is 55.7. The van der Waals surface area contributed by atoms with Crippen LogP contribution in [0, 0.1) is 17.6 Å². The van der Waals surface area contributed by atoms with E-state index in [9.17, 15) is 41.8 Å². The average molecular weight is 674 g/mol. The van der Waals surface area contributed by atoms with E-state index < -0.39 is 108 Å². The van der Waals surface area contributed by atoms with Crippen LogP contribution in [0.5, 0.6) is 0 Å². The van der Waals surface area contributed by atoms with Crippen LogP contribution in [0.1, 0.15) is 75.1 Å². The third-order valence-electron chi connectivity index (χ3n) is 7.40. The molecule has 0 unspecified atom stereocenters. The Morgan fingerprint density at radius 3 is 2.32 bits per heavy atom. The topological polar surface area (TPSA) is 184 Å². The summed E-state index contributed by atoms with van der Waals surface area (Å²) >= 11 is 0. The predicted octanol–water partition coefficient (Wildman–Crippen LogP) is 2.35. The van der Waals surface area contributed by atoms with Crippen molar-refractivity contribution < 1.29 is 56.2 Å². The fourth-order valence-corrected chi connectivity index (χ4v) is 4.75. The highest BCUT2D eigenvalue weighted by Gasteiger charge is 2.43. The van der Waals surface area contributed by atoms with E-state index in [0.29, 0.717) is 18.0 Å². The van der Waals surface area contributed by atoms with Crippen molar-refractivity contribution in [3.63, 3.8) is 0 Å². The number of aliphatic hydroxyl groups excluding tert-OH is 1. The van der Waals surface area contributed by atoms with Gasteiger partial charge in [0, 0.05) is 36.9 Å². The van der Waals surface area contributed by atoms with Crippen LogP contribution >= 0.6 is 0 Å². The van der Waals surface area contributed by atoms with E-state index in [1.165, 1.54) is 0 Å². The lowest BCUT2D eigenvalue weighted by Crippen LogP contribution is -2.55. The lowest BCUT2D eigenvalue weighted by Gasteiger charge is -2.28. The van der Waals surface area contributed by atoms with Gasteiger partial charge in [-0.1, -0.05) is 39.8 Å². The van der Waals surface area contributed by atoms with Crippen molar-refractivity contribution in [2.45, 2.75) is 96.6 Å². The Labute approximate surface area is 268 Å². The molecule has 0 aliphatic carbocycles. The van der Waals surface area contributed by atoms with Gasteiger partial charge in [-0.3, -0.25) is 14.4 Å². The molecule has 2 aromatic rings. The molecule has 0 radical (unpaired) electrons. The maximum Gasteiger partial charge on any atom is 0.335 e. The number of benzene rings is 1. The molecule has 0 saturated carbocycles. The number of carboxylic acids is 1. The van der Waals surface area contributed by atoms with Crippen LogP contribution < -0.4 is 10.6 Å². The number of likely N-dealkylation sites (tertiary alicyclic amines) is 1. The number of nitrogens with one attached hydrogen (secondary N) is 2. The molecular formula is C30H39F4N5O8. The van der Waals surface area contributed by atoms with Crippen LogP contribution in [0.2, 0.25) is 0 Å². The van der Waals surface area contributed by atoms with Crippen molar-refractivity contribution in [3.05, 3.63) is 46.6 Å². The minimum absolute atomic E-state index is 0.111. The van der Waals surface area contributed by atoms with Crippen LogP contribution in [-0.2, 0) is 37.6 Å². The standard InChI is InChI=1S/C30H39F4N5O8/c1-14(2)24(40)27(43)39-12-16(46-13-23-37-29(47-38-23)30(3,4)5)10-21(39)26(42)36-20(11-22(33)34)25(41)35-7-6-17-18(31)8-15(28(44)45)9-19(17)32/h8-9,14,16,20-22,24,40H,6-7,10-13H2,1-5H3,(H,35,41)(H,36,42)(H,44,45)/t16-,20+,21+,24+/m1/s1. The zero-order valence-corrected chi connectivity index (χ0v) is 26.6. The van der Waals surface area contributed by atoms with E-state index in [0.717, 1.165) is 4.90 Å². The van der Waals surface area contributed by atoms with Gasteiger partial charge in [-0.15, -0.1) is 0 Å². The highest BCUT2D eigenvalue weighted by Crippen LogP contribution is 2.25. The molecule has 4 N–H and O–H groups in total. The molecule has 47 heavy (non-hydrogen) atoms. The van der Waals surface area contributed by atoms with Crippen molar-refractivity contribution in [1.82, 2.24) is 25.7 Å². The van der Waals surface area contributed by atoms with Gasteiger partial charge in [-0.05, 0) is 24.5 Å². The number of aliphatic hydroxyl groups is 1. The molecule has 1 aliphatic heterocycles. The van der Waals surface area contributed by atoms with Crippen molar-refractivity contribution in [3.8, 4) is 0 Å². The van der Waals surface area contributed by atoms with Crippen molar-refractivity contribution in [2.24, 2.45) is 5.92 Å². The molecule has 1 aromatic heterocycles. The van der Waals surface area contributed by atoms with Gasteiger partial charge in [0.25, 0.3) is 5.91 Å². The van der Waals surface area contributed by atoms with Crippen LogP contribution in [0.3, 0.4) is 0 Å². The Hall–Kier alpha value is -4.12. The van der Waals surface area contributed by atoms with Crippen LogP contribution in [0.15, 0.2) is 16.7 Å². The molecule has 1 saturated heterocycles. The molecule has 4 atom stereocenters. The first kappa shape index (κ1) is 37.3. The summed E-state index contributed by atoms with van der Waals surface area (Å²) in [7, 11) is 0. The van der Waals surface area contributed by atoms with Gasteiger partial charge in [0.05, 0.1) is 11.7 Å². The second-order valence-corrected chi connectivity index (χ2v) is 12.6. The largest absolute Gasteiger partial charge is 0.478 e. The summed E-state index contributed by atoms with van der Waals surface area (Å²) in [6.07, 6.45) is -6.96. The number of amides is 3. The van der Waals surface area contributed by atoms with E-state index in [1.54, 1.807) is 13.8 Å². The van der Waals surface area contributed by atoms with E-state index in [-0.39, 0.29) is 25.4 Å². The maximum atomic E-state index is 14.3. The predicted molar refractivity (Wildman–Crippen MR) is 155 cm³/mol. The Morgan fingerprint density at radius 2 is 1.79 bits per heavy atom. The summed E-state index contributed by atoms with van der Waals surface area (Å²) in [5.74, 6) is -6.67. The van der Waals surface area contributed by atoms with Crippen LogP contribution in [-0.4, -0.2) is 92.8 Å². The molecule has 3 amide bonds. The molecule has 2 heterocycles. The fraction of sp³-hybridized carbons (Fsp3) is 0.600. The molecule has 13 nitrogen and oxygen atoms in total. The van der Waals surface area contributed by atoms with Gasteiger partial charge in [0.1, 0.15) is 36.4 Å². The summed E-state index contributed by atoms with van der Waals surface area (Å²) in [6, 6.07) is -1.89. The average Bonchev–Trinajstić information content (AvgIpc) is 3.63. The van der Waals surface area contributed by atoms with Gasteiger partial charge in [0.2, 0.25) is 24.1 Å². The van der Waals surface area contributed by atoms with Crippen LogP contribution in [0.25, 0.3) is 0 Å². The molecule has 0 spiro atoms. The Balaban J connectivity index is 1.71. The third-order valence-corrected chi connectivity index (χ3v) is 7.40. The second-order valence-electron chi connectivity index (χ2n) is 12.6. The molecule has 3 rings (SSSR count). The zero-order valence-electron chi connectivity index (χ0n) is 26.6. The quantitative estimate of drug-likeness (QED) is 0.217. The molecule has 0 bridgehead atoms. The number of nitrogens with zero attached hydrogens (tertiary/aromatic N) is 3. The molecular weight excluding hydrogens is 634 g/mol. The number of rotatable bonds is 14. The van der Waals surface area contributed by atoms with Gasteiger partial charge >= 0.3 is 5.97 Å². The molecule has 17 heteroatoms. The maximum absolute atomic E-state index is 14.3. The smallest absolute Gasteiger partial charge is 0.335 e. The van der Waals surface area contributed by atoms with Gasteiger partial charge < -0.3 is 35.0 Å². The van der Waals surface area contributed by atoms with Crippen molar-refractivity contribution >= 4 is 23.7 Å². The van der Waals surface area contributed by atoms with E-state index >= 15 is 0 Å². The Morgan fingerprint density at radius 1 is 1.15 bits per heavy atom. The van der Waals surface area contributed by atoms with E-state index in [4.69, 9.17) is 14.4 Å². The van der Waals surface area contributed by atoms with Crippen LogP contribution in [0.4, 0.5) is 17.6 Å². The van der Waals surface area contributed by atoms with E-state index in [2.05, 4.69) is 20.8 Å².